The molecule has 68 valence electrons. The smallest absolute Gasteiger partial charge is 0.0215 e. The van der Waals surface area contributed by atoms with Crippen LogP contribution in [0, 0.1) is 0 Å². The van der Waals surface area contributed by atoms with Crippen molar-refractivity contribution in [3.8, 4) is 0 Å². The minimum absolute atomic E-state index is 1.10. The first-order valence-corrected chi connectivity index (χ1v) is 4.81. The molecule has 0 unspecified atom stereocenters. The van der Waals surface area contributed by atoms with Crippen LogP contribution in [0.5, 0.6) is 0 Å². The fourth-order valence-electron chi connectivity index (χ4n) is 1.03. The molecule has 0 bridgehead atoms. The molecule has 0 saturated carbocycles. The van der Waals surface area contributed by atoms with Crippen molar-refractivity contribution in [2.24, 2.45) is 0 Å². The second-order valence-corrected chi connectivity index (χ2v) is 3.18. The van der Waals surface area contributed by atoms with E-state index in [4.69, 9.17) is 0 Å². The van der Waals surface area contributed by atoms with Gasteiger partial charge in [-0.1, -0.05) is 26.7 Å². The quantitative estimate of drug-likeness (QED) is 0.559. The summed E-state index contributed by atoms with van der Waals surface area (Å²) in [4.78, 5) is 2.34. The highest BCUT2D eigenvalue weighted by molar-refractivity contribution is 7.77. The van der Waals surface area contributed by atoms with Crippen LogP contribution >= 0.6 is 12.8 Å². The lowest BCUT2D eigenvalue weighted by molar-refractivity contribution is 0.352. The van der Waals surface area contributed by atoms with Gasteiger partial charge in [0.1, 0.15) is 0 Å². The molecule has 0 aromatic rings. The van der Waals surface area contributed by atoms with E-state index in [1.807, 2.05) is 13.8 Å². The van der Waals surface area contributed by atoms with Crippen LogP contribution in [0.25, 0.3) is 0 Å². The van der Waals surface area contributed by atoms with Crippen molar-refractivity contribution in [3.63, 3.8) is 0 Å². The van der Waals surface area contributed by atoms with Crippen LogP contribution in [-0.2, 0) is 0 Å². The molecule has 1 rings (SSSR count). The molecule has 1 aliphatic rings. The SMILES string of the molecule is CC.CN1CCCN(S)CC1. The standard InChI is InChI=1S/C6H14N2S.C2H6/c1-7-3-2-4-8(9)6-5-7;1-2/h9H,2-6H2,1H3;1-2H3. The van der Waals surface area contributed by atoms with Gasteiger partial charge in [0, 0.05) is 19.6 Å². The third-order valence-corrected chi connectivity index (χ3v) is 2.10. The molecular formula is C8H20N2S. The molecule has 0 aromatic carbocycles. The molecule has 2 nitrogen and oxygen atoms in total. The number of thiol groups is 1. The number of rotatable bonds is 0. The molecule has 0 radical (unpaired) electrons. The maximum atomic E-state index is 4.28. The maximum Gasteiger partial charge on any atom is 0.0215 e. The normalized spacial score (nSPS) is 21.8. The summed E-state index contributed by atoms with van der Waals surface area (Å²) in [5, 5.41) is 0. The van der Waals surface area contributed by atoms with Crippen molar-refractivity contribution < 1.29 is 0 Å². The van der Waals surface area contributed by atoms with Crippen molar-refractivity contribution in [2.75, 3.05) is 33.2 Å². The molecule has 0 atom stereocenters. The first-order chi connectivity index (χ1) is 5.29. The summed E-state index contributed by atoms with van der Waals surface area (Å²) in [5.41, 5.74) is 0. The summed E-state index contributed by atoms with van der Waals surface area (Å²) in [7, 11) is 2.16. The van der Waals surface area contributed by atoms with Gasteiger partial charge < -0.3 is 4.90 Å². The van der Waals surface area contributed by atoms with Crippen LogP contribution in [-0.4, -0.2) is 42.4 Å². The Labute approximate surface area is 76.1 Å². The average molecular weight is 176 g/mol. The Balaban J connectivity index is 0.000000461. The lowest BCUT2D eigenvalue weighted by Gasteiger charge is -2.12. The van der Waals surface area contributed by atoms with E-state index in [2.05, 4.69) is 29.1 Å². The third kappa shape index (κ3) is 5.53. The first kappa shape index (κ1) is 11.3. The zero-order valence-electron chi connectivity index (χ0n) is 7.88. The molecule has 0 N–H and O–H groups in total. The molecule has 0 aromatic heterocycles. The summed E-state index contributed by atoms with van der Waals surface area (Å²) in [6.45, 7) is 8.60. The summed E-state index contributed by atoms with van der Waals surface area (Å²) < 4.78 is 2.09. The summed E-state index contributed by atoms with van der Waals surface area (Å²) in [5.74, 6) is 0. The van der Waals surface area contributed by atoms with E-state index in [1.165, 1.54) is 13.0 Å². The third-order valence-electron chi connectivity index (χ3n) is 1.70. The van der Waals surface area contributed by atoms with Gasteiger partial charge in [0.25, 0.3) is 0 Å². The number of hydrogen-bond acceptors (Lipinski definition) is 3. The van der Waals surface area contributed by atoms with Crippen molar-refractivity contribution in [3.05, 3.63) is 0 Å². The topological polar surface area (TPSA) is 6.48 Å². The van der Waals surface area contributed by atoms with Gasteiger partial charge in [0.05, 0.1) is 0 Å². The van der Waals surface area contributed by atoms with Crippen LogP contribution < -0.4 is 0 Å². The highest BCUT2D eigenvalue weighted by atomic mass is 32.1. The molecule has 0 amide bonds. The van der Waals surface area contributed by atoms with Gasteiger partial charge in [-0.05, 0) is 20.0 Å². The van der Waals surface area contributed by atoms with Crippen molar-refractivity contribution in [1.82, 2.24) is 9.21 Å². The fourth-order valence-corrected chi connectivity index (χ4v) is 1.26. The van der Waals surface area contributed by atoms with E-state index in [9.17, 15) is 0 Å². The van der Waals surface area contributed by atoms with E-state index in [0.29, 0.717) is 0 Å². The molecule has 11 heavy (non-hydrogen) atoms. The zero-order valence-corrected chi connectivity index (χ0v) is 8.77. The van der Waals surface area contributed by atoms with E-state index >= 15 is 0 Å². The molecule has 3 heteroatoms. The van der Waals surface area contributed by atoms with Gasteiger partial charge >= 0.3 is 0 Å². The molecule has 1 fully saturated rings. The van der Waals surface area contributed by atoms with Crippen molar-refractivity contribution in [2.45, 2.75) is 20.3 Å². The zero-order chi connectivity index (χ0) is 8.69. The van der Waals surface area contributed by atoms with Crippen molar-refractivity contribution >= 4 is 12.8 Å². The lowest BCUT2D eigenvalue weighted by atomic mass is 10.4. The largest absolute Gasteiger partial charge is 0.305 e. The van der Waals surface area contributed by atoms with Gasteiger partial charge in [0.2, 0.25) is 0 Å². The Kier molecular flexibility index (Phi) is 7.12. The fraction of sp³-hybridized carbons (Fsp3) is 1.00. The van der Waals surface area contributed by atoms with E-state index < -0.39 is 0 Å². The number of likely N-dealkylation sites (N-methyl/N-ethyl adjacent to an activating group) is 1. The summed E-state index contributed by atoms with van der Waals surface area (Å²) >= 11 is 4.28. The molecule has 1 heterocycles. The Bertz CT molecular complexity index is 78.2. The second kappa shape index (κ2) is 6.95. The molecule has 0 spiro atoms. The van der Waals surface area contributed by atoms with Crippen LogP contribution in [0.15, 0.2) is 0 Å². The average Bonchev–Trinajstić information content (AvgIpc) is 2.20. The number of nitrogens with zero attached hydrogens (tertiary/aromatic N) is 2. The second-order valence-electron chi connectivity index (χ2n) is 2.61. The van der Waals surface area contributed by atoms with Gasteiger partial charge in [-0.2, -0.15) is 0 Å². The van der Waals surface area contributed by atoms with Gasteiger partial charge in [-0.25, -0.2) is 0 Å². The van der Waals surface area contributed by atoms with E-state index in [1.54, 1.807) is 0 Å². The number of hydrogen-bond donors (Lipinski definition) is 1. The van der Waals surface area contributed by atoms with E-state index in [-0.39, 0.29) is 0 Å². The van der Waals surface area contributed by atoms with Crippen LogP contribution in [0.3, 0.4) is 0 Å². The highest BCUT2D eigenvalue weighted by Gasteiger charge is 2.07. The maximum absolute atomic E-state index is 4.28. The van der Waals surface area contributed by atoms with Gasteiger partial charge in [-0.15, -0.1) is 0 Å². The molecule has 1 saturated heterocycles. The molecule has 0 aliphatic carbocycles. The van der Waals surface area contributed by atoms with E-state index in [0.717, 1.165) is 19.6 Å². The van der Waals surface area contributed by atoms with Gasteiger partial charge in [-0.3, -0.25) is 4.31 Å². The summed E-state index contributed by atoms with van der Waals surface area (Å²) in [6, 6.07) is 0. The molecule has 1 aliphatic heterocycles. The van der Waals surface area contributed by atoms with Gasteiger partial charge in [0.15, 0.2) is 0 Å². The predicted molar refractivity (Wildman–Crippen MR) is 54.0 cm³/mol. The lowest BCUT2D eigenvalue weighted by Crippen LogP contribution is -2.23. The minimum Gasteiger partial charge on any atom is -0.305 e. The van der Waals surface area contributed by atoms with Crippen LogP contribution in [0.1, 0.15) is 20.3 Å². The summed E-state index contributed by atoms with van der Waals surface area (Å²) in [6.07, 6.45) is 1.25. The Morgan fingerprint density at radius 2 is 1.64 bits per heavy atom. The molecular weight excluding hydrogens is 156 g/mol. The first-order valence-electron chi connectivity index (χ1n) is 4.41. The Morgan fingerprint density at radius 3 is 2.27 bits per heavy atom. The predicted octanol–water partition coefficient (Wildman–Crippen LogP) is 1.49. The van der Waals surface area contributed by atoms with Crippen molar-refractivity contribution in [1.29, 1.82) is 0 Å². The van der Waals surface area contributed by atoms with Crippen LogP contribution in [0.2, 0.25) is 0 Å². The highest BCUT2D eigenvalue weighted by Crippen LogP contribution is 2.01. The Morgan fingerprint density at radius 1 is 1.00 bits per heavy atom. The minimum atomic E-state index is 1.10. The Hall–Kier alpha value is 0.270. The monoisotopic (exact) mass is 176 g/mol. The van der Waals surface area contributed by atoms with Crippen LogP contribution in [0.4, 0.5) is 0 Å².